The van der Waals surface area contributed by atoms with E-state index in [0.29, 0.717) is 6.42 Å². The number of carbonyl (C=O) groups is 3. The van der Waals surface area contributed by atoms with Gasteiger partial charge in [-0.1, -0.05) is 48.5 Å². The minimum absolute atomic E-state index is 0.0652. The van der Waals surface area contributed by atoms with Gasteiger partial charge < -0.3 is 14.4 Å². The molecule has 47 heavy (non-hydrogen) atoms. The molecule has 6 aliphatic rings. The van der Waals surface area contributed by atoms with E-state index in [0.717, 1.165) is 22.3 Å². The molecule has 0 spiro atoms. The monoisotopic (exact) mass is 683 g/mol. The predicted octanol–water partition coefficient (Wildman–Crippen LogP) is 4.65. The average Bonchev–Trinajstić information content (AvgIpc) is 3.61. The molecule has 0 aromatic heterocycles. The van der Waals surface area contributed by atoms with Crippen molar-refractivity contribution in [3.8, 4) is 0 Å². The second-order valence-corrected chi connectivity index (χ2v) is 14.9. The van der Waals surface area contributed by atoms with E-state index in [1.165, 1.54) is 4.90 Å². The maximum atomic E-state index is 14.3. The van der Waals surface area contributed by atoms with Crippen LogP contribution in [0.25, 0.3) is 0 Å². The van der Waals surface area contributed by atoms with Crippen LogP contribution in [-0.2, 0) is 34.0 Å². The molecule has 5 aliphatic carbocycles. The van der Waals surface area contributed by atoms with Crippen molar-refractivity contribution in [3.63, 3.8) is 0 Å². The lowest BCUT2D eigenvalue weighted by Crippen LogP contribution is -2.54. The molecule has 2 saturated carbocycles. The van der Waals surface area contributed by atoms with E-state index in [4.69, 9.17) is 9.29 Å². The third-order valence-corrected chi connectivity index (χ3v) is 11.7. The zero-order valence-corrected chi connectivity index (χ0v) is 25.8. The highest BCUT2D eigenvalue weighted by atomic mass is 32.2. The van der Waals surface area contributed by atoms with Gasteiger partial charge in [0.1, 0.15) is 6.10 Å². The molecule has 1 amide bonds. The molecule has 2 aromatic rings. The van der Waals surface area contributed by atoms with E-state index in [1.54, 1.807) is 13.8 Å². The van der Waals surface area contributed by atoms with Crippen molar-refractivity contribution < 1.29 is 58.8 Å². The summed E-state index contributed by atoms with van der Waals surface area (Å²) in [6, 6.07) is 14.4. The van der Waals surface area contributed by atoms with Gasteiger partial charge in [-0.15, -0.1) is 0 Å². The smallest absolute Gasteiger partial charge is 0.432 e. The van der Waals surface area contributed by atoms with E-state index in [-0.39, 0.29) is 18.3 Å². The first-order chi connectivity index (χ1) is 21.9. The van der Waals surface area contributed by atoms with Gasteiger partial charge in [0.05, 0.1) is 23.8 Å². The lowest BCUT2D eigenvalue weighted by atomic mass is 9.59. The Labute approximate surface area is 266 Å². The number of halogens is 5. The molecule has 2 aromatic carbocycles. The van der Waals surface area contributed by atoms with Crippen molar-refractivity contribution in [1.29, 1.82) is 0 Å². The molecule has 15 heteroatoms. The molecule has 1 saturated heterocycles. The van der Waals surface area contributed by atoms with Crippen LogP contribution in [0.5, 0.6) is 0 Å². The van der Waals surface area contributed by atoms with E-state index in [2.05, 4.69) is 4.74 Å². The molecule has 252 valence electrons. The first-order valence-corrected chi connectivity index (χ1v) is 16.7. The summed E-state index contributed by atoms with van der Waals surface area (Å²) in [6.45, 7) is 3.37. The standard InChI is InChI=1S/C32H30F5NO8S/c1-13(2)38-25-19-12-20(24(23(19)27(38)39)29(41)46-30(31(33,34)35)32(36,37)47(42,43)44)26(25)45-28(40)21-11-18-14-7-3-5-9-16(14)22(21)17-10-6-4-8-15(17)18/h3-10,13,18-26,30H,11-12H2,1-2H3,(H,42,43,44). The van der Waals surface area contributed by atoms with E-state index >= 15 is 0 Å². The van der Waals surface area contributed by atoms with Gasteiger partial charge in [0.2, 0.25) is 5.91 Å². The highest BCUT2D eigenvalue weighted by Gasteiger charge is 2.73. The fourth-order valence-electron chi connectivity index (χ4n) is 9.17. The fourth-order valence-corrected chi connectivity index (χ4v) is 9.62. The summed E-state index contributed by atoms with van der Waals surface area (Å²) < 4.78 is 111. The van der Waals surface area contributed by atoms with Gasteiger partial charge in [-0.05, 0) is 54.9 Å². The summed E-state index contributed by atoms with van der Waals surface area (Å²) in [6.07, 6.45) is -11.3. The van der Waals surface area contributed by atoms with Gasteiger partial charge in [-0.3, -0.25) is 18.9 Å². The van der Waals surface area contributed by atoms with Crippen molar-refractivity contribution >= 4 is 28.0 Å². The summed E-state index contributed by atoms with van der Waals surface area (Å²) >= 11 is 0. The number of esters is 2. The van der Waals surface area contributed by atoms with Crippen LogP contribution in [0.2, 0.25) is 0 Å². The lowest BCUT2D eigenvalue weighted by molar-refractivity contribution is -0.262. The number of nitrogens with zero attached hydrogens (tertiary/aromatic N) is 1. The molecular weight excluding hydrogens is 653 g/mol. The summed E-state index contributed by atoms with van der Waals surface area (Å²) in [5, 5.41) is -5.93. The van der Waals surface area contributed by atoms with E-state index in [9.17, 15) is 44.8 Å². The molecule has 8 unspecified atom stereocenters. The number of hydrogen-bond donors (Lipinski definition) is 1. The molecule has 4 bridgehead atoms. The molecule has 9 nitrogen and oxygen atoms in total. The zero-order valence-electron chi connectivity index (χ0n) is 24.9. The van der Waals surface area contributed by atoms with Crippen LogP contribution < -0.4 is 0 Å². The Kier molecular flexibility index (Phi) is 7.11. The normalized spacial score (nSPS) is 32.7. The van der Waals surface area contributed by atoms with Crippen molar-refractivity contribution in [1.82, 2.24) is 4.90 Å². The Bertz CT molecular complexity index is 1730. The Morgan fingerprint density at radius 3 is 1.96 bits per heavy atom. The summed E-state index contributed by atoms with van der Waals surface area (Å²) in [7, 11) is -6.67. The lowest BCUT2D eigenvalue weighted by Gasteiger charge is -2.45. The quantitative estimate of drug-likeness (QED) is 0.254. The molecule has 1 aliphatic heterocycles. The fraction of sp³-hybridized carbons (Fsp3) is 0.531. The zero-order chi connectivity index (χ0) is 34.0. The summed E-state index contributed by atoms with van der Waals surface area (Å²) in [5.74, 6) is -8.90. The summed E-state index contributed by atoms with van der Waals surface area (Å²) in [5.41, 5.74) is 4.13. The predicted molar refractivity (Wildman–Crippen MR) is 151 cm³/mol. The van der Waals surface area contributed by atoms with Crippen LogP contribution >= 0.6 is 0 Å². The van der Waals surface area contributed by atoms with E-state index in [1.807, 2.05) is 48.5 Å². The van der Waals surface area contributed by atoms with Crippen molar-refractivity contribution in [2.24, 2.45) is 29.6 Å². The molecule has 1 heterocycles. The van der Waals surface area contributed by atoms with Crippen molar-refractivity contribution in [3.05, 3.63) is 70.8 Å². The van der Waals surface area contributed by atoms with Gasteiger partial charge in [0.25, 0.3) is 6.10 Å². The first kappa shape index (κ1) is 32.0. The Balaban J connectivity index is 1.21. The maximum absolute atomic E-state index is 14.3. The number of carbonyl (C=O) groups excluding carboxylic acids is 3. The third-order valence-electron chi connectivity index (χ3n) is 10.8. The van der Waals surface area contributed by atoms with Crippen LogP contribution in [0.1, 0.15) is 60.8 Å². The van der Waals surface area contributed by atoms with Crippen molar-refractivity contribution in [2.75, 3.05) is 0 Å². The van der Waals surface area contributed by atoms with Crippen LogP contribution in [-0.4, -0.2) is 71.4 Å². The minimum Gasteiger partial charge on any atom is -0.460 e. The topological polar surface area (TPSA) is 127 Å². The Morgan fingerprint density at radius 1 is 0.894 bits per heavy atom. The van der Waals surface area contributed by atoms with Crippen molar-refractivity contribution in [2.45, 2.75) is 74.2 Å². The Hall–Kier alpha value is -3.59. The van der Waals surface area contributed by atoms with Crippen LogP contribution in [0.15, 0.2) is 48.5 Å². The highest BCUT2D eigenvalue weighted by molar-refractivity contribution is 7.86. The first-order valence-electron chi connectivity index (χ1n) is 15.3. The molecule has 1 N–H and O–H groups in total. The van der Waals surface area contributed by atoms with Gasteiger partial charge in [-0.25, -0.2) is 0 Å². The Morgan fingerprint density at radius 2 is 1.45 bits per heavy atom. The molecule has 8 atom stereocenters. The number of fused-ring (bicyclic) bond motifs is 2. The van der Waals surface area contributed by atoms with Gasteiger partial charge in [-0.2, -0.15) is 30.4 Å². The summed E-state index contributed by atoms with van der Waals surface area (Å²) in [4.78, 5) is 42.5. The number of ether oxygens (including phenoxy) is 2. The number of likely N-dealkylation sites (tertiary alicyclic amines) is 1. The average molecular weight is 684 g/mol. The number of rotatable bonds is 7. The minimum atomic E-state index is -6.67. The molecular formula is C32H30F5NO8S. The van der Waals surface area contributed by atoms with Gasteiger partial charge >= 0.3 is 33.5 Å². The molecule has 3 fully saturated rings. The number of hydrogen-bond acceptors (Lipinski definition) is 7. The number of amides is 1. The van der Waals surface area contributed by atoms with Crippen LogP contribution in [0.4, 0.5) is 22.0 Å². The van der Waals surface area contributed by atoms with Crippen LogP contribution in [0, 0.1) is 29.6 Å². The maximum Gasteiger partial charge on any atom is 0.432 e. The highest BCUT2D eigenvalue weighted by Crippen LogP contribution is 2.62. The second-order valence-electron chi connectivity index (χ2n) is 13.4. The number of benzene rings is 2. The van der Waals surface area contributed by atoms with Crippen LogP contribution in [0.3, 0.4) is 0 Å². The second kappa shape index (κ2) is 10.5. The van der Waals surface area contributed by atoms with Gasteiger partial charge in [0, 0.05) is 23.8 Å². The SMILES string of the molecule is CC(C)N1C(=O)C2C3CC(C(OC(=O)C4CC5c6ccccc6C4c4ccccc45)C31)C2C(=O)OC(C(F)(F)F)C(F)(F)S(=O)(=O)O. The van der Waals surface area contributed by atoms with Gasteiger partial charge in [0.15, 0.2) is 0 Å². The largest absolute Gasteiger partial charge is 0.460 e. The molecule has 8 rings (SSSR count). The third kappa shape index (κ3) is 4.55. The number of alkyl halides is 5. The molecule has 0 radical (unpaired) electrons. The van der Waals surface area contributed by atoms with E-state index < -0.39 is 93.3 Å².